The van der Waals surface area contributed by atoms with Gasteiger partial charge in [-0.1, -0.05) is 30.3 Å². The van der Waals surface area contributed by atoms with E-state index < -0.39 is 0 Å². The fraction of sp³-hybridized carbons (Fsp3) is 0.150. The van der Waals surface area contributed by atoms with E-state index in [9.17, 15) is 4.79 Å². The van der Waals surface area contributed by atoms with Crippen molar-refractivity contribution in [2.24, 2.45) is 0 Å². The molecule has 1 N–H and O–H groups in total. The van der Waals surface area contributed by atoms with Gasteiger partial charge < -0.3 is 14.3 Å². The zero-order valence-corrected chi connectivity index (χ0v) is 13.7. The Morgan fingerprint density at radius 3 is 2.71 bits per heavy atom. The standard InChI is InChI=1S/C20H18N2O2/c1-13-7-9-15(24-13)12-22(2)20(23)19-11-17-16-6-4-3-5-14(16)8-10-18(17)21-19/h3-11,21H,12H2,1-2H3. The molecule has 4 rings (SSSR count). The van der Waals surface area contributed by atoms with Crippen LogP contribution in [-0.4, -0.2) is 22.8 Å². The largest absolute Gasteiger partial charge is 0.464 e. The summed E-state index contributed by atoms with van der Waals surface area (Å²) < 4.78 is 5.55. The van der Waals surface area contributed by atoms with Gasteiger partial charge in [0.2, 0.25) is 0 Å². The average molecular weight is 318 g/mol. The molecule has 0 fully saturated rings. The Balaban J connectivity index is 1.68. The first-order valence-corrected chi connectivity index (χ1v) is 7.93. The molecule has 0 unspecified atom stereocenters. The number of aryl methyl sites for hydroxylation is 1. The predicted molar refractivity (Wildman–Crippen MR) is 95.0 cm³/mol. The van der Waals surface area contributed by atoms with Crippen LogP contribution >= 0.6 is 0 Å². The zero-order valence-electron chi connectivity index (χ0n) is 13.7. The summed E-state index contributed by atoms with van der Waals surface area (Å²) in [6, 6.07) is 18.0. The van der Waals surface area contributed by atoms with Crippen molar-refractivity contribution in [2.45, 2.75) is 13.5 Å². The van der Waals surface area contributed by atoms with Gasteiger partial charge in [-0.2, -0.15) is 0 Å². The molecule has 4 aromatic rings. The van der Waals surface area contributed by atoms with E-state index in [1.807, 2.05) is 43.3 Å². The van der Waals surface area contributed by atoms with E-state index in [0.29, 0.717) is 12.2 Å². The summed E-state index contributed by atoms with van der Waals surface area (Å²) in [4.78, 5) is 17.6. The van der Waals surface area contributed by atoms with Gasteiger partial charge in [-0.15, -0.1) is 0 Å². The van der Waals surface area contributed by atoms with Crippen LogP contribution in [0.15, 0.2) is 59.0 Å². The number of hydrogen-bond acceptors (Lipinski definition) is 2. The summed E-state index contributed by atoms with van der Waals surface area (Å²) in [7, 11) is 1.78. The van der Waals surface area contributed by atoms with E-state index in [-0.39, 0.29) is 5.91 Å². The average Bonchev–Trinajstić information content (AvgIpc) is 3.20. The topological polar surface area (TPSA) is 49.2 Å². The maximum Gasteiger partial charge on any atom is 0.270 e. The number of hydrogen-bond donors (Lipinski definition) is 1. The minimum atomic E-state index is -0.0515. The molecular weight excluding hydrogens is 300 g/mol. The molecule has 0 aliphatic rings. The molecule has 120 valence electrons. The SMILES string of the molecule is Cc1ccc(CN(C)C(=O)c2cc3c(ccc4ccccc43)[nH]2)o1. The second-order valence-corrected chi connectivity index (χ2v) is 6.10. The minimum Gasteiger partial charge on any atom is -0.464 e. The van der Waals surface area contributed by atoms with Crippen molar-refractivity contribution in [1.29, 1.82) is 0 Å². The highest BCUT2D eigenvalue weighted by Gasteiger charge is 2.16. The fourth-order valence-corrected chi connectivity index (χ4v) is 3.08. The van der Waals surface area contributed by atoms with Gasteiger partial charge in [-0.3, -0.25) is 4.79 Å². The van der Waals surface area contributed by atoms with E-state index >= 15 is 0 Å². The van der Waals surface area contributed by atoms with Crippen molar-refractivity contribution >= 4 is 27.6 Å². The highest BCUT2D eigenvalue weighted by molar-refractivity contribution is 6.09. The van der Waals surface area contributed by atoms with Crippen LogP contribution in [0.25, 0.3) is 21.7 Å². The number of fused-ring (bicyclic) bond motifs is 3. The lowest BCUT2D eigenvalue weighted by atomic mass is 10.1. The molecular formula is C20H18N2O2. The number of rotatable bonds is 3. The lowest BCUT2D eigenvalue weighted by Crippen LogP contribution is -2.26. The number of aromatic nitrogens is 1. The first-order chi connectivity index (χ1) is 11.6. The van der Waals surface area contributed by atoms with Gasteiger partial charge in [0.05, 0.1) is 6.54 Å². The van der Waals surface area contributed by atoms with Crippen LogP contribution in [0.4, 0.5) is 0 Å². The van der Waals surface area contributed by atoms with E-state index in [1.54, 1.807) is 11.9 Å². The smallest absolute Gasteiger partial charge is 0.270 e. The van der Waals surface area contributed by atoms with Crippen molar-refractivity contribution in [3.8, 4) is 0 Å². The number of carbonyl (C=O) groups excluding carboxylic acids is 1. The maximum absolute atomic E-state index is 12.7. The summed E-state index contributed by atoms with van der Waals surface area (Å²) in [5, 5.41) is 3.38. The van der Waals surface area contributed by atoms with Gasteiger partial charge in [0.15, 0.2) is 0 Å². The van der Waals surface area contributed by atoms with Crippen LogP contribution < -0.4 is 0 Å². The Morgan fingerprint density at radius 2 is 1.92 bits per heavy atom. The second kappa shape index (κ2) is 5.57. The molecule has 4 heteroatoms. The maximum atomic E-state index is 12.7. The van der Waals surface area contributed by atoms with Gasteiger partial charge >= 0.3 is 0 Å². The van der Waals surface area contributed by atoms with E-state index in [4.69, 9.17) is 4.42 Å². The number of carbonyl (C=O) groups is 1. The van der Waals surface area contributed by atoms with Gasteiger partial charge in [0, 0.05) is 18.0 Å². The molecule has 0 saturated heterocycles. The summed E-state index contributed by atoms with van der Waals surface area (Å²) >= 11 is 0. The molecule has 0 atom stereocenters. The molecule has 2 heterocycles. The summed E-state index contributed by atoms with van der Waals surface area (Å²) in [5.74, 6) is 1.58. The Bertz CT molecular complexity index is 1040. The Morgan fingerprint density at radius 1 is 1.08 bits per heavy atom. The Kier molecular flexibility index (Phi) is 3.38. The van der Waals surface area contributed by atoms with Gasteiger partial charge in [-0.05, 0) is 42.0 Å². The van der Waals surface area contributed by atoms with Crippen LogP contribution in [0, 0.1) is 6.92 Å². The lowest BCUT2D eigenvalue weighted by molar-refractivity contribution is 0.0770. The van der Waals surface area contributed by atoms with E-state index in [1.165, 1.54) is 5.39 Å². The number of furan rings is 1. The first kappa shape index (κ1) is 14.6. The third-order valence-electron chi connectivity index (χ3n) is 4.29. The number of H-pyrrole nitrogens is 1. The van der Waals surface area contributed by atoms with Crippen LogP contribution in [0.1, 0.15) is 22.0 Å². The Hall–Kier alpha value is -3.01. The van der Waals surface area contributed by atoms with Crippen LogP contribution in [0.2, 0.25) is 0 Å². The van der Waals surface area contributed by atoms with Gasteiger partial charge in [0.1, 0.15) is 17.2 Å². The van der Waals surface area contributed by atoms with Crippen molar-refractivity contribution in [3.63, 3.8) is 0 Å². The summed E-state index contributed by atoms with van der Waals surface area (Å²) in [6.07, 6.45) is 0. The number of nitrogens with one attached hydrogen (secondary N) is 1. The van der Waals surface area contributed by atoms with Crippen LogP contribution in [0.3, 0.4) is 0 Å². The molecule has 0 aliphatic heterocycles. The van der Waals surface area contributed by atoms with Crippen molar-refractivity contribution in [3.05, 3.63) is 71.8 Å². The van der Waals surface area contributed by atoms with E-state index in [0.717, 1.165) is 27.8 Å². The number of nitrogens with zero attached hydrogens (tertiary/aromatic N) is 1. The quantitative estimate of drug-likeness (QED) is 0.605. The normalized spacial score (nSPS) is 11.2. The molecule has 1 amide bonds. The van der Waals surface area contributed by atoms with Crippen LogP contribution in [-0.2, 0) is 6.54 Å². The minimum absolute atomic E-state index is 0.0515. The summed E-state index contributed by atoms with van der Waals surface area (Å²) in [5.41, 5.74) is 1.56. The predicted octanol–water partition coefficient (Wildman–Crippen LogP) is 4.49. The monoisotopic (exact) mass is 318 g/mol. The van der Waals surface area contributed by atoms with Crippen molar-refractivity contribution in [1.82, 2.24) is 9.88 Å². The second-order valence-electron chi connectivity index (χ2n) is 6.10. The third kappa shape index (κ3) is 2.46. The molecule has 0 saturated carbocycles. The van der Waals surface area contributed by atoms with Gasteiger partial charge in [0.25, 0.3) is 5.91 Å². The molecule has 4 nitrogen and oxygen atoms in total. The highest BCUT2D eigenvalue weighted by Crippen LogP contribution is 2.26. The number of aromatic amines is 1. The fourth-order valence-electron chi connectivity index (χ4n) is 3.08. The van der Waals surface area contributed by atoms with Gasteiger partial charge in [-0.25, -0.2) is 0 Å². The van der Waals surface area contributed by atoms with Crippen molar-refractivity contribution < 1.29 is 9.21 Å². The Labute approximate surface area is 139 Å². The number of benzene rings is 2. The van der Waals surface area contributed by atoms with Crippen LogP contribution in [0.5, 0.6) is 0 Å². The molecule has 24 heavy (non-hydrogen) atoms. The van der Waals surface area contributed by atoms with E-state index in [2.05, 4.69) is 23.2 Å². The molecule has 0 aliphatic carbocycles. The number of amides is 1. The highest BCUT2D eigenvalue weighted by atomic mass is 16.3. The van der Waals surface area contributed by atoms with Crippen molar-refractivity contribution in [2.75, 3.05) is 7.05 Å². The first-order valence-electron chi connectivity index (χ1n) is 7.93. The summed E-state index contributed by atoms with van der Waals surface area (Å²) in [6.45, 7) is 2.34. The molecule has 2 aromatic heterocycles. The molecule has 0 radical (unpaired) electrons. The molecule has 0 bridgehead atoms. The lowest BCUT2D eigenvalue weighted by Gasteiger charge is -2.14. The zero-order chi connectivity index (χ0) is 16.7. The molecule has 2 aromatic carbocycles. The third-order valence-corrected chi connectivity index (χ3v) is 4.29. The molecule has 0 spiro atoms.